The number of carbonyl (C=O) groups excluding carboxylic acids is 1. The Balaban J connectivity index is 2.02. The van der Waals surface area contributed by atoms with Crippen molar-refractivity contribution in [1.29, 1.82) is 0 Å². The Morgan fingerprint density at radius 1 is 1.18 bits per heavy atom. The first-order valence-corrected chi connectivity index (χ1v) is 6.58. The molecule has 0 heterocycles. The lowest BCUT2D eigenvalue weighted by Crippen LogP contribution is -2.14. The number of carboxylic acids is 1. The van der Waals surface area contributed by atoms with E-state index in [1.165, 1.54) is 0 Å². The quantitative estimate of drug-likeness (QED) is 0.801. The van der Waals surface area contributed by atoms with Gasteiger partial charge in [0, 0.05) is 6.07 Å². The summed E-state index contributed by atoms with van der Waals surface area (Å²) in [6.07, 6.45) is -0.770. The molecule has 1 amide bonds. The molecule has 0 atom stereocenters. The maximum Gasteiger partial charge on any atom is 0.412 e. The van der Waals surface area contributed by atoms with E-state index in [9.17, 15) is 14.7 Å². The topological polar surface area (TPSA) is 95.9 Å². The highest BCUT2D eigenvalue weighted by molar-refractivity contribution is 6.34. The molecule has 0 bridgehead atoms. The van der Waals surface area contributed by atoms with Crippen LogP contribution in [0.1, 0.15) is 15.9 Å². The lowest BCUT2D eigenvalue weighted by molar-refractivity contribution is 0.0693. The van der Waals surface area contributed by atoms with Crippen LogP contribution in [0.5, 0.6) is 5.75 Å². The minimum atomic E-state index is -1.32. The molecule has 0 aliphatic heterocycles. The first kappa shape index (κ1) is 15.7. The van der Waals surface area contributed by atoms with E-state index in [0.29, 0.717) is 0 Å². The van der Waals surface area contributed by atoms with E-state index >= 15 is 0 Å². The second-order valence-corrected chi connectivity index (χ2v) is 4.75. The summed E-state index contributed by atoms with van der Waals surface area (Å²) in [4.78, 5) is 22.5. The first-order valence-electron chi connectivity index (χ1n) is 6.21. The van der Waals surface area contributed by atoms with E-state index in [0.717, 1.165) is 17.7 Å². The van der Waals surface area contributed by atoms with Crippen molar-refractivity contribution in [3.05, 3.63) is 58.6 Å². The highest BCUT2D eigenvalue weighted by atomic mass is 35.5. The lowest BCUT2D eigenvalue weighted by Gasteiger charge is -2.10. The average molecular weight is 322 g/mol. The Bertz CT molecular complexity index is 703. The minimum absolute atomic E-state index is 0.0214. The van der Waals surface area contributed by atoms with Gasteiger partial charge in [-0.3, -0.25) is 5.32 Å². The van der Waals surface area contributed by atoms with E-state index in [2.05, 4.69) is 5.32 Å². The molecule has 0 aliphatic carbocycles. The number of nitrogens with one attached hydrogen (secondary N) is 1. The number of carboxylic acid groups (broad SMARTS) is 1. The van der Waals surface area contributed by atoms with Crippen molar-refractivity contribution >= 4 is 29.4 Å². The number of hydrogen-bond acceptors (Lipinski definition) is 4. The SMILES string of the molecule is O=C(Nc1cc(O)c(C(=O)O)cc1Cl)OCc1ccccc1. The fourth-order valence-electron chi connectivity index (χ4n) is 1.70. The summed E-state index contributed by atoms with van der Waals surface area (Å²) in [6.45, 7) is 0.0729. The second-order valence-electron chi connectivity index (χ2n) is 4.34. The van der Waals surface area contributed by atoms with Crippen LogP contribution < -0.4 is 5.32 Å². The smallest absolute Gasteiger partial charge is 0.412 e. The van der Waals surface area contributed by atoms with Gasteiger partial charge in [0.1, 0.15) is 17.9 Å². The number of carbonyl (C=O) groups is 2. The molecule has 0 fully saturated rings. The van der Waals surface area contributed by atoms with Crippen LogP contribution in [-0.4, -0.2) is 22.3 Å². The molecule has 6 nitrogen and oxygen atoms in total. The number of amides is 1. The molecule has 2 aromatic carbocycles. The Kier molecular flexibility index (Phi) is 4.85. The third-order valence-electron chi connectivity index (χ3n) is 2.77. The normalized spacial score (nSPS) is 10.0. The van der Waals surface area contributed by atoms with Gasteiger partial charge in [0.15, 0.2) is 0 Å². The van der Waals surface area contributed by atoms with Gasteiger partial charge < -0.3 is 14.9 Å². The Morgan fingerprint density at radius 3 is 2.50 bits per heavy atom. The van der Waals surface area contributed by atoms with Gasteiger partial charge in [-0.2, -0.15) is 0 Å². The number of aromatic hydroxyl groups is 1. The van der Waals surface area contributed by atoms with Crippen LogP contribution in [0.15, 0.2) is 42.5 Å². The zero-order valence-electron chi connectivity index (χ0n) is 11.2. The van der Waals surface area contributed by atoms with Gasteiger partial charge in [0.2, 0.25) is 0 Å². The summed E-state index contributed by atoms with van der Waals surface area (Å²) in [6, 6.07) is 11.2. The van der Waals surface area contributed by atoms with E-state index in [1.54, 1.807) is 12.1 Å². The van der Waals surface area contributed by atoms with Crippen molar-refractivity contribution < 1.29 is 24.5 Å². The van der Waals surface area contributed by atoms with E-state index in [1.807, 2.05) is 18.2 Å². The Morgan fingerprint density at radius 2 is 1.86 bits per heavy atom. The van der Waals surface area contributed by atoms with Crippen molar-refractivity contribution in [1.82, 2.24) is 0 Å². The molecule has 0 unspecified atom stereocenters. The Hall–Kier alpha value is -2.73. The zero-order chi connectivity index (χ0) is 16.1. The monoisotopic (exact) mass is 321 g/mol. The summed E-state index contributed by atoms with van der Waals surface area (Å²) in [5.74, 6) is -1.83. The van der Waals surface area contributed by atoms with Crippen LogP contribution in [0.4, 0.5) is 10.5 Å². The zero-order valence-corrected chi connectivity index (χ0v) is 12.0. The predicted molar refractivity (Wildman–Crippen MR) is 80.3 cm³/mol. The van der Waals surface area contributed by atoms with Crippen LogP contribution in [0.2, 0.25) is 5.02 Å². The van der Waals surface area contributed by atoms with E-state index < -0.39 is 17.8 Å². The van der Waals surface area contributed by atoms with Crippen molar-refractivity contribution in [2.75, 3.05) is 5.32 Å². The van der Waals surface area contributed by atoms with E-state index in [-0.39, 0.29) is 22.9 Å². The highest BCUT2D eigenvalue weighted by Gasteiger charge is 2.15. The molecule has 3 N–H and O–H groups in total. The summed E-state index contributed by atoms with van der Waals surface area (Å²) in [5.41, 5.74) is 0.517. The first-order chi connectivity index (χ1) is 10.5. The van der Waals surface area contributed by atoms with Gasteiger partial charge in [0.25, 0.3) is 0 Å². The summed E-state index contributed by atoms with van der Waals surface area (Å²) in [7, 11) is 0. The molecule has 0 saturated heterocycles. The molecule has 0 spiro atoms. The van der Waals surface area contributed by atoms with Crippen molar-refractivity contribution in [2.24, 2.45) is 0 Å². The molecule has 0 aromatic heterocycles. The van der Waals surface area contributed by atoms with Crippen molar-refractivity contribution in [3.63, 3.8) is 0 Å². The lowest BCUT2D eigenvalue weighted by atomic mass is 10.2. The molecule has 114 valence electrons. The molecule has 0 saturated carbocycles. The highest BCUT2D eigenvalue weighted by Crippen LogP contribution is 2.30. The van der Waals surface area contributed by atoms with Gasteiger partial charge in [-0.05, 0) is 11.6 Å². The van der Waals surface area contributed by atoms with Crippen molar-refractivity contribution in [2.45, 2.75) is 6.61 Å². The summed E-state index contributed by atoms with van der Waals surface area (Å²) in [5, 5.41) is 20.7. The van der Waals surface area contributed by atoms with Crippen LogP contribution in [-0.2, 0) is 11.3 Å². The Labute approximate surface area is 130 Å². The maximum absolute atomic E-state index is 11.7. The minimum Gasteiger partial charge on any atom is -0.507 e. The molecule has 0 aliphatic rings. The number of hydrogen-bond donors (Lipinski definition) is 3. The van der Waals surface area contributed by atoms with Crippen LogP contribution in [0, 0.1) is 0 Å². The summed E-state index contributed by atoms with van der Waals surface area (Å²) >= 11 is 5.86. The molecule has 22 heavy (non-hydrogen) atoms. The maximum atomic E-state index is 11.7. The van der Waals surface area contributed by atoms with Gasteiger partial charge in [-0.25, -0.2) is 9.59 Å². The number of rotatable bonds is 4. The molecule has 7 heteroatoms. The van der Waals surface area contributed by atoms with Crippen LogP contribution in [0.25, 0.3) is 0 Å². The number of aromatic carboxylic acids is 1. The number of anilines is 1. The molecule has 0 radical (unpaired) electrons. The fourth-order valence-corrected chi connectivity index (χ4v) is 1.91. The van der Waals surface area contributed by atoms with Gasteiger partial charge >= 0.3 is 12.1 Å². The number of phenols is 1. The molecular weight excluding hydrogens is 310 g/mol. The van der Waals surface area contributed by atoms with Gasteiger partial charge in [0.05, 0.1) is 10.7 Å². The molecular formula is C15H12ClNO5. The largest absolute Gasteiger partial charge is 0.507 e. The number of benzene rings is 2. The van der Waals surface area contributed by atoms with Gasteiger partial charge in [-0.1, -0.05) is 41.9 Å². The van der Waals surface area contributed by atoms with Crippen LogP contribution >= 0.6 is 11.6 Å². The number of halogens is 1. The third kappa shape index (κ3) is 3.89. The molecule has 2 rings (SSSR count). The van der Waals surface area contributed by atoms with E-state index in [4.69, 9.17) is 21.4 Å². The standard InChI is InChI=1S/C15H12ClNO5/c16-11-6-10(14(19)20)13(18)7-12(11)17-15(21)22-8-9-4-2-1-3-5-9/h1-7,18H,8H2,(H,17,21)(H,19,20). The van der Waals surface area contributed by atoms with Crippen molar-refractivity contribution in [3.8, 4) is 5.75 Å². The summed E-state index contributed by atoms with van der Waals surface area (Å²) < 4.78 is 5.00. The molecule has 2 aromatic rings. The fraction of sp³-hybridized carbons (Fsp3) is 0.0667. The average Bonchev–Trinajstić information content (AvgIpc) is 2.49. The predicted octanol–water partition coefficient (Wildman–Crippen LogP) is 3.49. The second kappa shape index (κ2) is 6.82. The number of ether oxygens (including phenoxy) is 1. The van der Waals surface area contributed by atoms with Crippen LogP contribution in [0.3, 0.4) is 0 Å². The third-order valence-corrected chi connectivity index (χ3v) is 3.08. The van der Waals surface area contributed by atoms with Gasteiger partial charge in [-0.15, -0.1) is 0 Å².